The fraction of sp³-hybridized carbons (Fsp3) is 0.900. The van der Waals surface area contributed by atoms with Crippen LogP contribution in [0.3, 0.4) is 0 Å². The van der Waals surface area contributed by atoms with Crippen LogP contribution in [0.25, 0.3) is 0 Å². The van der Waals surface area contributed by atoms with Crippen LogP contribution in [0.1, 0.15) is 27.2 Å². The molecule has 0 spiro atoms. The molecule has 2 N–H and O–H groups in total. The van der Waals surface area contributed by atoms with Gasteiger partial charge in [-0.15, -0.1) is 0 Å². The van der Waals surface area contributed by atoms with Crippen molar-refractivity contribution in [2.45, 2.75) is 44.9 Å². The Bertz CT molecular complexity index is 259. The fourth-order valence-corrected chi connectivity index (χ4v) is 2.05. The van der Waals surface area contributed by atoms with E-state index in [0.717, 1.165) is 6.42 Å². The quantitative estimate of drug-likeness (QED) is 0.630. The van der Waals surface area contributed by atoms with Gasteiger partial charge in [-0.25, -0.2) is 4.79 Å². The zero-order valence-corrected chi connectivity index (χ0v) is 8.99. The maximum atomic E-state index is 11.7. The molecule has 2 aliphatic rings. The number of likely N-dealkylation sites (tertiary alicyclic amines) is 1. The van der Waals surface area contributed by atoms with E-state index in [1.807, 2.05) is 20.8 Å². The summed E-state index contributed by atoms with van der Waals surface area (Å²) >= 11 is 0. The summed E-state index contributed by atoms with van der Waals surface area (Å²) in [7, 11) is 0. The van der Waals surface area contributed by atoms with Gasteiger partial charge >= 0.3 is 6.09 Å². The van der Waals surface area contributed by atoms with E-state index < -0.39 is 5.60 Å². The van der Waals surface area contributed by atoms with Crippen molar-refractivity contribution < 1.29 is 9.53 Å². The minimum absolute atomic E-state index is 0.160. The number of piperidine rings is 1. The molecule has 80 valence electrons. The number of carbonyl (C=O) groups is 1. The van der Waals surface area contributed by atoms with Crippen molar-refractivity contribution in [2.24, 2.45) is 11.7 Å². The lowest BCUT2D eigenvalue weighted by molar-refractivity contribution is 0.0260. The van der Waals surface area contributed by atoms with Gasteiger partial charge in [0.15, 0.2) is 0 Å². The molecule has 0 radical (unpaired) electrons. The first-order valence-corrected chi connectivity index (χ1v) is 5.14. The van der Waals surface area contributed by atoms with Gasteiger partial charge in [-0.3, -0.25) is 0 Å². The summed E-state index contributed by atoms with van der Waals surface area (Å²) in [6.07, 6.45) is 0.846. The number of hydrogen-bond donors (Lipinski definition) is 1. The first-order valence-electron chi connectivity index (χ1n) is 5.14. The van der Waals surface area contributed by atoms with E-state index in [2.05, 4.69) is 0 Å². The third-order valence-corrected chi connectivity index (χ3v) is 2.79. The average molecular weight is 198 g/mol. The van der Waals surface area contributed by atoms with Gasteiger partial charge in [-0.2, -0.15) is 0 Å². The van der Waals surface area contributed by atoms with Crippen LogP contribution in [0.4, 0.5) is 4.79 Å². The molecule has 0 bridgehead atoms. The van der Waals surface area contributed by atoms with E-state index in [0.29, 0.717) is 18.5 Å². The van der Waals surface area contributed by atoms with Crippen molar-refractivity contribution in [3.05, 3.63) is 0 Å². The minimum atomic E-state index is -0.409. The third-order valence-electron chi connectivity index (χ3n) is 2.79. The molecule has 4 heteroatoms. The van der Waals surface area contributed by atoms with Crippen LogP contribution in [0, 0.1) is 5.92 Å². The number of nitrogens with two attached hydrogens (primary N) is 1. The third kappa shape index (κ3) is 1.71. The molecule has 1 aliphatic heterocycles. The van der Waals surface area contributed by atoms with Crippen LogP contribution >= 0.6 is 0 Å². The van der Waals surface area contributed by atoms with Gasteiger partial charge in [0.2, 0.25) is 0 Å². The summed E-state index contributed by atoms with van der Waals surface area (Å²) < 4.78 is 5.30. The van der Waals surface area contributed by atoms with E-state index in [4.69, 9.17) is 10.5 Å². The predicted octanol–water partition coefficient (Wildman–Crippen LogP) is 0.953. The SMILES string of the molecule is CC(C)(C)OC(=O)N1C[C@@H](N)[C@@H]2C[C@@H]21. The highest BCUT2D eigenvalue weighted by atomic mass is 16.6. The van der Waals surface area contributed by atoms with Crippen LogP contribution in [-0.2, 0) is 4.74 Å². The first kappa shape index (κ1) is 9.77. The van der Waals surface area contributed by atoms with Crippen molar-refractivity contribution in [3.63, 3.8) is 0 Å². The molecule has 4 nitrogen and oxygen atoms in total. The largest absolute Gasteiger partial charge is 0.444 e. The van der Waals surface area contributed by atoms with Gasteiger partial charge in [0.25, 0.3) is 0 Å². The Kier molecular flexibility index (Phi) is 2.00. The van der Waals surface area contributed by atoms with E-state index >= 15 is 0 Å². The highest BCUT2D eigenvalue weighted by Gasteiger charge is 2.54. The van der Waals surface area contributed by atoms with Gasteiger partial charge < -0.3 is 15.4 Å². The predicted molar refractivity (Wildman–Crippen MR) is 52.8 cm³/mol. The van der Waals surface area contributed by atoms with E-state index in [9.17, 15) is 4.79 Å². The monoisotopic (exact) mass is 198 g/mol. The molecule has 0 aromatic rings. The van der Waals surface area contributed by atoms with Crippen LogP contribution < -0.4 is 5.73 Å². The van der Waals surface area contributed by atoms with E-state index in [1.165, 1.54) is 0 Å². The van der Waals surface area contributed by atoms with Crippen LogP contribution in [-0.4, -0.2) is 35.2 Å². The van der Waals surface area contributed by atoms with Crippen molar-refractivity contribution in [2.75, 3.05) is 6.54 Å². The Morgan fingerprint density at radius 3 is 2.50 bits per heavy atom. The minimum Gasteiger partial charge on any atom is -0.444 e. The van der Waals surface area contributed by atoms with E-state index in [1.54, 1.807) is 4.90 Å². The molecular formula is C10H18N2O2. The van der Waals surface area contributed by atoms with Gasteiger partial charge in [0.1, 0.15) is 5.60 Å². The van der Waals surface area contributed by atoms with Gasteiger partial charge in [0, 0.05) is 18.6 Å². The van der Waals surface area contributed by atoms with Gasteiger partial charge in [0.05, 0.1) is 0 Å². The van der Waals surface area contributed by atoms with Gasteiger partial charge in [-0.1, -0.05) is 0 Å². The van der Waals surface area contributed by atoms with E-state index in [-0.39, 0.29) is 12.1 Å². The first-order chi connectivity index (χ1) is 6.38. The van der Waals surface area contributed by atoms with Crippen LogP contribution in [0.2, 0.25) is 0 Å². The molecule has 14 heavy (non-hydrogen) atoms. The van der Waals surface area contributed by atoms with Crippen LogP contribution in [0.15, 0.2) is 0 Å². The van der Waals surface area contributed by atoms with Crippen molar-refractivity contribution in [1.29, 1.82) is 0 Å². The zero-order chi connectivity index (χ0) is 10.5. The molecule has 1 saturated carbocycles. The molecular weight excluding hydrogens is 180 g/mol. The number of ether oxygens (including phenoxy) is 1. The molecule has 1 aliphatic carbocycles. The lowest BCUT2D eigenvalue weighted by atomic mass is 10.2. The highest BCUT2D eigenvalue weighted by Crippen LogP contribution is 2.44. The summed E-state index contributed by atoms with van der Waals surface area (Å²) in [5, 5.41) is 0. The van der Waals surface area contributed by atoms with Crippen LogP contribution in [0.5, 0.6) is 0 Å². The molecule has 0 aromatic carbocycles. The molecule has 0 unspecified atom stereocenters. The number of fused-ring (bicyclic) bond motifs is 1. The highest BCUT2D eigenvalue weighted by molar-refractivity contribution is 5.70. The standard InChI is InChI=1S/C10H18N2O2/c1-10(2,3)14-9(13)12-5-7(11)6-4-8(6)12/h6-8H,4-5,11H2,1-3H3/t6-,7+,8-/m0/s1. The topological polar surface area (TPSA) is 55.6 Å². The molecule has 2 rings (SSSR count). The smallest absolute Gasteiger partial charge is 0.410 e. The molecule has 1 amide bonds. The summed E-state index contributed by atoms with van der Waals surface area (Å²) in [5.74, 6) is 0.530. The summed E-state index contributed by atoms with van der Waals surface area (Å²) in [4.78, 5) is 13.5. The summed E-state index contributed by atoms with van der Waals surface area (Å²) in [6.45, 7) is 6.30. The fourth-order valence-electron chi connectivity index (χ4n) is 2.05. The second-order valence-corrected chi connectivity index (χ2v) is 5.26. The number of carbonyl (C=O) groups excluding carboxylic acids is 1. The Hall–Kier alpha value is -0.770. The Morgan fingerprint density at radius 1 is 1.50 bits per heavy atom. The molecule has 3 atom stereocenters. The molecule has 1 heterocycles. The Labute approximate surface area is 84.4 Å². The molecule has 2 fully saturated rings. The normalized spacial score (nSPS) is 35.4. The van der Waals surface area contributed by atoms with Crippen molar-refractivity contribution >= 4 is 6.09 Å². The molecule has 0 aromatic heterocycles. The maximum absolute atomic E-state index is 11.7. The molecule has 1 saturated heterocycles. The number of rotatable bonds is 0. The number of nitrogens with zero attached hydrogens (tertiary/aromatic N) is 1. The second-order valence-electron chi connectivity index (χ2n) is 5.26. The maximum Gasteiger partial charge on any atom is 0.410 e. The van der Waals surface area contributed by atoms with Crippen molar-refractivity contribution in [3.8, 4) is 0 Å². The Morgan fingerprint density at radius 2 is 2.14 bits per heavy atom. The lowest BCUT2D eigenvalue weighted by Crippen LogP contribution is -2.39. The summed E-state index contributed by atoms with van der Waals surface area (Å²) in [6, 6.07) is 0.521. The average Bonchev–Trinajstić information content (AvgIpc) is 2.69. The summed E-state index contributed by atoms with van der Waals surface area (Å²) in [5.41, 5.74) is 5.45. The number of hydrogen-bond acceptors (Lipinski definition) is 3. The zero-order valence-electron chi connectivity index (χ0n) is 8.99. The van der Waals surface area contributed by atoms with Crippen molar-refractivity contribution in [1.82, 2.24) is 4.90 Å². The van der Waals surface area contributed by atoms with Gasteiger partial charge in [-0.05, 0) is 33.1 Å². The lowest BCUT2D eigenvalue weighted by Gasteiger charge is -2.25. The number of amides is 1. The Balaban J connectivity index is 1.93. The second kappa shape index (κ2) is 2.86.